The smallest absolute Gasteiger partial charge is 0.308 e. The number of imide groups is 2. The minimum absolute atomic E-state index is 0.0942. The van der Waals surface area contributed by atoms with Gasteiger partial charge in [0, 0.05) is 26.1 Å². The van der Waals surface area contributed by atoms with Crippen LogP contribution in [0.4, 0.5) is 5.69 Å². The molecule has 3 aliphatic heterocycles. The normalized spacial score (nSPS) is 24.5. The average Bonchev–Trinajstić information content (AvgIpc) is 2.99. The van der Waals surface area contributed by atoms with E-state index >= 15 is 0 Å². The summed E-state index contributed by atoms with van der Waals surface area (Å²) in [6.07, 6.45) is 1.44. The van der Waals surface area contributed by atoms with E-state index in [4.69, 9.17) is 0 Å². The Morgan fingerprint density at radius 3 is 2.60 bits per heavy atom. The molecule has 9 heteroatoms. The third-order valence-corrected chi connectivity index (χ3v) is 6.15. The Labute approximate surface area is 173 Å². The number of carbonyl (C=O) groups is 5. The van der Waals surface area contributed by atoms with Crippen LogP contribution in [0.5, 0.6) is 0 Å². The lowest BCUT2D eigenvalue weighted by Crippen LogP contribution is -2.56. The summed E-state index contributed by atoms with van der Waals surface area (Å²) < 4.78 is 0. The van der Waals surface area contributed by atoms with Crippen LogP contribution < -0.4 is 4.90 Å². The number of likely N-dealkylation sites (tertiary alicyclic amines) is 1. The maximum Gasteiger partial charge on any atom is 0.308 e. The summed E-state index contributed by atoms with van der Waals surface area (Å²) in [5.41, 5.74) is 0.940. The Hall–Kier alpha value is -3.23. The van der Waals surface area contributed by atoms with Crippen LogP contribution in [0.15, 0.2) is 18.2 Å². The lowest BCUT2D eigenvalue weighted by atomic mass is 9.96. The van der Waals surface area contributed by atoms with E-state index in [9.17, 15) is 29.1 Å². The lowest BCUT2D eigenvalue weighted by molar-refractivity contribution is -0.151. The van der Waals surface area contributed by atoms with Crippen LogP contribution in [0, 0.1) is 5.92 Å². The molecular formula is C21H23N3O6. The SMILES string of the molecule is CCN1C(=O)CCC(N2C(=O)c3cccc(N4CCCC(C(=O)O)C4)c3C2=O)C1=O. The number of carbonyl (C=O) groups excluding carboxylic acids is 4. The summed E-state index contributed by atoms with van der Waals surface area (Å²) >= 11 is 0. The minimum Gasteiger partial charge on any atom is -0.481 e. The van der Waals surface area contributed by atoms with Crippen LogP contribution >= 0.6 is 0 Å². The lowest BCUT2D eigenvalue weighted by Gasteiger charge is -2.34. The van der Waals surface area contributed by atoms with Crippen LogP contribution in [0.3, 0.4) is 0 Å². The third-order valence-electron chi connectivity index (χ3n) is 6.15. The van der Waals surface area contributed by atoms with E-state index in [2.05, 4.69) is 0 Å². The number of piperidine rings is 2. The summed E-state index contributed by atoms with van der Waals surface area (Å²) in [7, 11) is 0. The van der Waals surface area contributed by atoms with Gasteiger partial charge >= 0.3 is 5.97 Å². The molecule has 4 amide bonds. The number of hydrogen-bond donors (Lipinski definition) is 1. The molecule has 2 saturated heterocycles. The Morgan fingerprint density at radius 2 is 1.90 bits per heavy atom. The second-order valence-electron chi connectivity index (χ2n) is 7.83. The first-order valence-corrected chi connectivity index (χ1v) is 10.2. The molecule has 2 fully saturated rings. The van der Waals surface area contributed by atoms with E-state index in [1.54, 1.807) is 25.1 Å². The quantitative estimate of drug-likeness (QED) is 0.736. The molecule has 0 saturated carbocycles. The number of carboxylic acid groups (broad SMARTS) is 1. The molecule has 0 aromatic heterocycles. The van der Waals surface area contributed by atoms with Crippen LogP contribution in [0.1, 0.15) is 53.3 Å². The minimum atomic E-state index is -1.00. The van der Waals surface area contributed by atoms with Crippen LogP contribution in [-0.4, -0.2) is 70.2 Å². The van der Waals surface area contributed by atoms with Crippen molar-refractivity contribution in [2.45, 2.75) is 38.6 Å². The zero-order valence-corrected chi connectivity index (χ0v) is 16.7. The number of fused-ring (bicyclic) bond motifs is 1. The van der Waals surface area contributed by atoms with Gasteiger partial charge in [0.1, 0.15) is 6.04 Å². The van der Waals surface area contributed by atoms with E-state index in [0.29, 0.717) is 25.1 Å². The molecule has 2 atom stereocenters. The average molecular weight is 413 g/mol. The van der Waals surface area contributed by atoms with Crippen molar-refractivity contribution in [3.63, 3.8) is 0 Å². The second kappa shape index (κ2) is 7.55. The van der Waals surface area contributed by atoms with Gasteiger partial charge in [0.05, 0.1) is 22.7 Å². The number of anilines is 1. The molecule has 2 unspecified atom stereocenters. The number of rotatable bonds is 4. The summed E-state index contributed by atoms with van der Waals surface area (Å²) in [4.78, 5) is 66.5. The summed E-state index contributed by atoms with van der Waals surface area (Å²) in [5, 5.41) is 9.38. The van der Waals surface area contributed by atoms with Gasteiger partial charge in [-0.15, -0.1) is 0 Å². The van der Waals surface area contributed by atoms with Gasteiger partial charge in [-0.3, -0.25) is 33.8 Å². The Bertz CT molecular complexity index is 958. The molecule has 158 valence electrons. The zero-order chi connectivity index (χ0) is 21.6. The van der Waals surface area contributed by atoms with Crippen molar-refractivity contribution in [3.8, 4) is 0 Å². The summed E-state index contributed by atoms with van der Waals surface area (Å²) in [6, 6.07) is 3.92. The van der Waals surface area contributed by atoms with Crippen molar-refractivity contribution >= 4 is 35.3 Å². The predicted octanol–water partition coefficient (Wildman–Crippen LogP) is 1.12. The van der Waals surface area contributed by atoms with Crippen molar-refractivity contribution in [1.82, 2.24) is 9.80 Å². The molecule has 0 radical (unpaired) electrons. The summed E-state index contributed by atoms with van der Waals surface area (Å²) in [6.45, 7) is 2.71. The number of carboxylic acids is 1. The zero-order valence-electron chi connectivity index (χ0n) is 16.7. The largest absolute Gasteiger partial charge is 0.481 e. The topological polar surface area (TPSA) is 115 Å². The van der Waals surface area contributed by atoms with Crippen molar-refractivity contribution in [2.24, 2.45) is 5.92 Å². The molecule has 30 heavy (non-hydrogen) atoms. The molecule has 3 aliphatic rings. The molecule has 3 heterocycles. The molecule has 1 aromatic carbocycles. The number of amides is 4. The number of likely N-dealkylation sites (N-methyl/N-ethyl adjacent to an activating group) is 1. The monoisotopic (exact) mass is 413 g/mol. The molecule has 0 aliphatic carbocycles. The van der Waals surface area contributed by atoms with Gasteiger partial charge in [-0.25, -0.2) is 0 Å². The maximum atomic E-state index is 13.3. The second-order valence-corrected chi connectivity index (χ2v) is 7.83. The third kappa shape index (κ3) is 3.05. The van der Waals surface area contributed by atoms with E-state index in [-0.39, 0.29) is 43.0 Å². The molecule has 9 nitrogen and oxygen atoms in total. The van der Waals surface area contributed by atoms with Crippen molar-refractivity contribution in [3.05, 3.63) is 29.3 Å². The van der Waals surface area contributed by atoms with E-state index in [1.165, 1.54) is 0 Å². The van der Waals surface area contributed by atoms with E-state index in [1.807, 2.05) is 4.90 Å². The molecule has 0 bridgehead atoms. The number of nitrogens with zero attached hydrogens (tertiary/aromatic N) is 3. The standard InChI is InChI=1S/C21H23N3O6/c1-2-23-16(25)9-8-15(19(23)27)24-18(26)13-6-3-7-14(17(13)20(24)28)22-10-4-5-12(11-22)21(29)30/h3,6-7,12,15H,2,4-5,8-11H2,1H3,(H,29,30). The van der Waals surface area contributed by atoms with Crippen LogP contribution in [-0.2, 0) is 14.4 Å². The highest BCUT2D eigenvalue weighted by molar-refractivity contribution is 6.25. The van der Waals surface area contributed by atoms with Gasteiger partial charge in [-0.2, -0.15) is 0 Å². The Kier molecular flexibility index (Phi) is 5.05. The summed E-state index contributed by atoms with van der Waals surface area (Å²) in [5.74, 6) is -3.37. The first kappa shape index (κ1) is 20.1. The Balaban J connectivity index is 1.67. The van der Waals surface area contributed by atoms with Crippen LogP contribution in [0.2, 0.25) is 0 Å². The van der Waals surface area contributed by atoms with Crippen molar-refractivity contribution < 1.29 is 29.1 Å². The molecule has 4 rings (SSSR count). The number of benzene rings is 1. The molecular weight excluding hydrogens is 390 g/mol. The van der Waals surface area contributed by atoms with Gasteiger partial charge in [0.2, 0.25) is 5.91 Å². The highest BCUT2D eigenvalue weighted by Crippen LogP contribution is 2.36. The molecule has 1 aromatic rings. The van der Waals surface area contributed by atoms with E-state index < -0.39 is 35.7 Å². The fourth-order valence-corrected chi connectivity index (χ4v) is 4.62. The molecule has 0 spiro atoms. The van der Waals surface area contributed by atoms with Crippen molar-refractivity contribution in [1.29, 1.82) is 0 Å². The predicted molar refractivity (Wildman–Crippen MR) is 105 cm³/mol. The van der Waals surface area contributed by atoms with Gasteiger partial charge < -0.3 is 10.0 Å². The first-order chi connectivity index (χ1) is 14.3. The highest BCUT2D eigenvalue weighted by atomic mass is 16.4. The van der Waals surface area contributed by atoms with Crippen LogP contribution in [0.25, 0.3) is 0 Å². The number of aliphatic carboxylic acids is 1. The highest BCUT2D eigenvalue weighted by Gasteiger charge is 2.48. The van der Waals surface area contributed by atoms with Gasteiger partial charge in [-0.05, 0) is 38.3 Å². The number of hydrogen-bond acceptors (Lipinski definition) is 6. The Morgan fingerprint density at radius 1 is 1.13 bits per heavy atom. The van der Waals surface area contributed by atoms with Crippen molar-refractivity contribution in [2.75, 3.05) is 24.5 Å². The fourth-order valence-electron chi connectivity index (χ4n) is 4.62. The maximum absolute atomic E-state index is 13.3. The molecule has 1 N–H and O–H groups in total. The first-order valence-electron chi connectivity index (χ1n) is 10.2. The van der Waals surface area contributed by atoms with E-state index in [0.717, 1.165) is 9.80 Å². The van der Waals surface area contributed by atoms with Gasteiger partial charge in [0.25, 0.3) is 17.7 Å². The fraction of sp³-hybridized carbons (Fsp3) is 0.476. The van der Waals surface area contributed by atoms with Gasteiger partial charge in [-0.1, -0.05) is 6.07 Å². The van der Waals surface area contributed by atoms with Gasteiger partial charge in [0.15, 0.2) is 0 Å².